The van der Waals surface area contributed by atoms with E-state index < -0.39 is 0 Å². The number of fused-ring (bicyclic) bond motifs is 1. The van der Waals surface area contributed by atoms with Crippen molar-refractivity contribution in [2.24, 2.45) is 4.99 Å². The van der Waals surface area contributed by atoms with Crippen LogP contribution in [-0.4, -0.2) is 56.3 Å². The molecule has 23 heavy (non-hydrogen) atoms. The highest BCUT2D eigenvalue weighted by Gasteiger charge is 2.36. The maximum atomic E-state index is 13.0. The van der Waals surface area contributed by atoms with Gasteiger partial charge in [-0.15, -0.1) is 0 Å². The number of piperidine rings is 1. The molecule has 1 saturated heterocycles. The standard InChI is InChI=1S/C16H21N5OS/c22-15(14-12-23-16-17-7-11-21(14)16)20-9-2-1-4-13(20)5-10-19-8-3-6-18-19/h3,6,8,12-13H,1-2,4-5,7,9-11H2. The summed E-state index contributed by atoms with van der Waals surface area (Å²) in [5, 5.41) is 7.22. The fraction of sp³-hybridized carbons (Fsp3) is 0.562. The number of hydrogen-bond donors (Lipinski definition) is 0. The normalized spacial score (nSPS) is 23.7. The van der Waals surface area contributed by atoms with Crippen LogP contribution in [-0.2, 0) is 11.3 Å². The number of carbonyl (C=O) groups excluding carboxylic acids is 1. The molecule has 1 atom stereocenters. The molecule has 0 radical (unpaired) electrons. The molecule has 1 amide bonds. The first-order valence-electron chi connectivity index (χ1n) is 8.30. The zero-order valence-corrected chi connectivity index (χ0v) is 13.9. The van der Waals surface area contributed by atoms with Crippen molar-refractivity contribution in [2.75, 3.05) is 19.6 Å². The second-order valence-corrected chi connectivity index (χ2v) is 6.98. The number of nitrogens with zero attached hydrogens (tertiary/aromatic N) is 5. The topological polar surface area (TPSA) is 53.7 Å². The molecule has 3 aliphatic rings. The number of amides is 1. The minimum atomic E-state index is 0.176. The Morgan fingerprint density at radius 1 is 1.35 bits per heavy atom. The van der Waals surface area contributed by atoms with Crippen LogP contribution in [0.3, 0.4) is 0 Å². The highest BCUT2D eigenvalue weighted by Crippen LogP contribution is 2.32. The summed E-state index contributed by atoms with van der Waals surface area (Å²) in [4.78, 5) is 21.6. The van der Waals surface area contributed by atoms with Gasteiger partial charge in [-0.25, -0.2) is 0 Å². The number of likely N-dealkylation sites (tertiary alicyclic amines) is 1. The van der Waals surface area contributed by atoms with Crippen LogP contribution in [0.15, 0.2) is 34.6 Å². The molecule has 0 spiro atoms. The van der Waals surface area contributed by atoms with E-state index in [1.165, 1.54) is 6.42 Å². The summed E-state index contributed by atoms with van der Waals surface area (Å²) < 4.78 is 1.95. The molecule has 0 saturated carbocycles. The Bertz CT molecular complexity index is 639. The molecule has 4 rings (SSSR count). The van der Waals surface area contributed by atoms with Gasteiger partial charge in [0.05, 0.1) is 6.54 Å². The van der Waals surface area contributed by atoms with Gasteiger partial charge in [0.15, 0.2) is 5.17 Å². The molecule has 0 N–H and O–H groups in total. The second-order valence-electron chi connectivity index (χ2n) is 6.14. The molecule has 7 heteroatoms. The lowest BCUT2D eigenvalue weighted by atomic mass is 9.99. The smallest absolute Gasteiger partial charge is 0.271 e. The predicted molar refractivity (Wildman–Crippen MR) is 90.9 cm³/mol. The van der Waals surface area contributed by atoms with E-state index in [1.807, 2.05) is 22.4 Å². The molecule has 0 bridgehead atoms. The van der Waals surface area contributed by atoms with Crippen molar-refractivity contribution in [3.05, 3.63) is 29.6 Å². The SMILES string of the molecule is O=C(C1=CSC2=NCCN12)N1CCCCC1CCn1cccn1. The van der Waals surface area contributed by atoms with Crippen LogP contribution in [0, 0.1) is 0 Å². The Balaban J connectivity index is 1.44. The van der Waals surface area contributed by atoms with E-state index in [4.69, 9.17) is 0 Å². The third-order valence-corrected chi connectivity index (χ3v) is 5.63. The molecule has 122 valence electrons. The Morgan fingerprint density at radius 3 is 3.17 bits per heavy atom. The van der Waals surface area contributed by atoms with Gasteiger partial charge in [-0.05, 0) is 31.7 Å². The van der Waals surface area contributed by atoms with Gasteiger partial charge in [0.25, 0.3) is 5.91 Å². The Kier molecular flexibility index (Phi) is 4.11. The first kappa shape index (κ1) is 14.8. The Morgan fingerprint density at radius 2 is 2.30 bits per heavy atom. The van der Waals surface area contributed by atoms with Gasteiger partial charge < -0.3 is 9.80 Å². The van der Waals surface area contributed by atoms with Crippen molar-refractivity contribution in [1.29, 1.82) is 0 Å². The third kappa shape index (κ3) is 2.89. The number of aromatic nitrogens is 2. The summed E-state index contributed by atoms with van der Waals surface area (Å²) in [6.07, 6.45) is 8.16. The first-order chi connectivity index (χ1) is 11.3. The molecule has 6 nitrogen and oxygen atoms in total. The largest absolute Gasteiger partial charge is 0.334 e. The lowest BCUT2D eigenvalue weighted by molar-refractivity contribution is -0.132. The van der Waals surface area contributed by atoms with Crippen molar-refractivity contribution in [2.45, 2.75) is 38.3 Å². The van der Waals surface area contributed by atoms with Crippen molar-refractivity contribution >= 4 is 22.8 Å². The quantitative estimate of drug-likeness (QED) is 0.846. The van der Waals surface area contributed by atoms with Crippen LogP contribution < -0.4 is 0 Å². The molecule has 3 aliphatic heterocycles. The molecule has 4 heterocycles. The van der Waals surface area contributed by atoms with Crippen LogP contribution in [0.1, 0.15) is 25.7 Å². The number of amidine groups is 1. The van der Waals surface area contributed by atoms with E-state index in [9.17, 15) is 4.79 Å². The Hall–Kier alpha value is -1.76. The van der Waals surface area contributed by atoms with Gasteiger partial charge in [0.2, 0.25) is 0 Å². The van der Waals surface area contributed by atoms with E-state index in [-0.39, 0.29) is 5.91 Å². The van der Waals surface area contributed by atoms with Crippen LogP contribution in [0.25, 0.3) is 0 Å². The summed E-state index contributed by atoms with van der Waals surface area (Å²) in [5.41, 5.74) is 0.817. The summed E-state index contributed by atoms with van der Waals surface area (Å²) in [6, 6.07) is 2.26. The summed E-state index contributed by atoms with van der Waals surface area (Å²) in [6.45, 7) is 3.37. The minimum Gasteiger partial charge on any atom is -0.334 e. The maximum absolute atomic E-state index is 13.0. The minimum absolute atomic E-state index is 0.176. The molecule has 1 aromatic heterocycles. The van der Waals surface area contributed by atoms with E-state index >= 15 is 0 Å². The third-order valence-electron chi connectivity index (χ3n) is 4.73. The zero-order chi connectivity index (χ0) is 15.6. The fourth-order valence-corrected chi connectivity index (χ4v) is 4.45. The van der Waals surface area contributed by atoms with Gasteiger partial charge >= 0.3 is 0 Å². The van der Waals surface area contributed by atoms with E-state index in [0.717, 1.165) is 56.3 Å². The lowest BCUT2D eigenvalue weighted by Crippen LogP contribution is -2.46. The van der Waals surface area contributed by atoms with Gasteiger partial charge in [0, 0.05) is 43.5 Å². The second kappa shape index (κ2) is 6.39. The van der Waals surface area contributed by atoms with E-state index in [1.54, 1.807) is 18.0 Å². The molecule has 0 aliphatic carbocycles. The van der Waals surface area contributed by atoms with Crippen LogP contribution in [0.2, 0.25) is 0 Å². The molecule has 1 fully saturated rings. The maximum Gasteiger partial charge on any atom is 0.271 e. The van der Waals surface area contributed by atoms with Gasteiger partial charge in [-0.1, -0.05) is 11.8 Å². The van der Waals surface area contributed by atoms with Crippen molar-refractivity contribution in [3.63, 3.8) is 0 Å². The van der Waals surface area contributed by atoms with Crippen molar-refractivity contribution in [3.8, 4) is 0 Å². The number of aliphatic imine (C=N–C) groups is 1. The monoisotopic (exact) mass is 331 g/mol. The molecule has 1 aromatic rings. The molecule has 0 aromatic carbocycles. The number of aryl methyl sites for hydroxylation is 1. The van der Waals surface area contributed by atoms with Gasteiger partial charge in [-0.2, -0.15) is 5.10 Å². The molecule has 1 unspecified atom stereocenters. The number of rotatable bonds is 4. The van der Waals surface area contributed by atoms with Crippen molar-refractivity contribution < 1.29 is 4.79 Å². The summed E-state index contributed by atoms with van der Waals surface area (Å²) in [7, 11) is 0. The predicted octanol–water partition coefficient (Wildman–Crippen LogP) is 1.91. The first-order valence-corrected chi connectivity index (χ1v) is 9.18. The fourth-order valence-electron chi connectivity index (χ4n) is 3.52. The van der Waals surface area contributed by atoms with Crippen LogP contribution in [0.5, 0.6) is 0 Å². The summed E-state index contributed by atoms with van der Waals surface area (Å²) >= 11 is 1.58. The van der Waals surface area contributed by atoms with E-state index in [0.29, 0.717) is 6.04 Å². The average Bonchev–Trinajstić information content (AvgIpc) is 3.30. The van der Waals surface area contributed by atoms with Gasteiger partial charge in [0.1, 0.15) is 5.70 Å². The molecular weight excluding hydrogens is 310 g/mol. The van der Waals surface area contributed by atoms with Crippen LogP contribution >= 0.6 is 11.8 Å². The van der Waals surface area contributed by atoms with Crippen molar-refractivity contribution in [1.82, 2.24) is 19.6 Å². The van der Waals surface area contributed by atoms with Crippen LogP contribution in [0.4, 0.5) is 0 Å². The zero-order valence-electron chi connectivity index (χ0n) is 13.1. The number of carbonyl (C=O) groups is 1. The number of hydrogen-bond acceptors (Lipinski definition) is 5. The molecular formula is C16H21N5OS. The van der Waals surface area contributed by atoms with Gasteiger partial charge in [-0.3, -0.25) is 14.5 Å². The summed E-state index contributed by atoms with van der Waals surface area (Å²) in [5.74, 6) is 0.176. The Labute approximate surface area is 140 Å². The number of thioether (sulfide) groups is 1. The van der Waals surface area contributed by atoms with E-state index in [2.05, 4.69) is 19.9 Å². The lowest BCUT2D eigenvalue weighted by Gasteiger charge is -2.37. The highest BCUT2D eigenvalue weighted by molar-refractivity contribution is 8.16. The highest BCUT2D eigenvalue weighted by atomic mass is 32.2. The average molecular weight is 331 g/mol.